The van der Waals surface area contributed by atoms with Crippen LogP contribution in [-0.4, -0.2) is 42.0 Å². The van der Waals surface area contributed by atoms with E-state index in [0.717, 1.165) is 27.9 Å². The van der Waals surface area contributed by atoms with Crippen LogP contribution in [0.5, 0.6) is 0 Å². The number of methoxy groups -OCH3 is 2. The summed E-state index contributed by atoms with van der Waals surface area (Å²) in [7, 11) is 2.47. The maximum atomic E-state index is 14.0. The molecule has 1 amide bonds. The lowest BCUT2D eigenvalue weighted by atomic mass is 10.0. The molecule has 2 heterocycles. The van der Waals surface area contributed by atoms with Crippen molar-refractivity contribution >= 4 is 34.4 Å². The number of hydrogen-bond donors (Lipinski definition) is 2. The number of halogens is 1. The third-order valence-corrected chi connectivity index (χ3v) is 5.74. The van der Waals surface area contributed by atoms with Crippen molar-refractivity contribution in [2.45, 2.75) is 19.3 Å². The maximum Gasteiger partial charge on any atom is 0.339 e. The zero-order valence-electron chi connectivity index (χ0n) is 19.8. The monoisotopic (exact) mass is 489 g/mol. The van der Waals surface area contributed by atoms with E-state index in [4.69, 9.17) is 9.47 Å². The van der Waals surface area contributed by atoms with Crippen molar-refractivity contribution in [3.8, 4) is 11.4 Å². The van der Waals surface area contributed by atoms with Crippen molar-refractivity contribution in [3.63, 3.8) is 0 Å². The Hall–Kier alpha value is -4.53. The molecule has 36 heavy (non-hydrogen) atoms. The van der Waals surface area contributed by atoms with Gasteiger partial charge in [-0.3, -0.25) is 9.78 Å². The van der Waals surface area contributed by atoms with Gasteiger partial charge in [0.2, 0.25) is 5.91 Å². The molecule has 2 aromatic heterocycles. The van der Waals surface area contributed by atoms with Crippen LogP contribution in [0.15, 0.2) is 60.8 Å². The first-order valence-electron chi connectivity index (χ1n) is 11.2. The molecular weight excluding hydrogens is 465 g/mol. The minimum atomic E-state index is -0.650. The summed E-state index contributed by atoms with van der Waals surface area (Å²) in [5.41, 5.74) is 3.58. The molecule has 0 spiro atoms. The van der Waals surface area contributed by atoms with Crippen molar-refractivity contribution in [1.29, 1.82) is 0 Å². The number of esters is 2. The molecule has 8 nitrogen and oxygen atoms in total. The molecule has 0 aliphatic heterocycles. The van der Waals surface area contributed by atoms with Crippen molar-refractivity contribution in [3.05, 3.63) is 83.3 Å². The summed E-state index contributed by atoms with van der Waals surface area (Å²) in [6.07, 6.45) is 2.72. The van der Waals surface area contributed by atoms with Crippen molar-refractivity contribution < 1.29 is 28.2 Å². The molecule has 0 saturated carbocycles. The summed E-state index contributed by atoms with van der Waals surface area (Å²) >= 11 is 0. The number of carbonyl (C=O) groups excluding carboxylic acids is 3. The Morgan fingerprint density at radius 2 is 1.81 bits per heavy atom. The van der Waals surface area contributed by atoms with Crippen LogP contribution in [0.1, 0.15) is 39.1 Å². The fourth-order valence-electron chi connectivity index (χ4n) is 4.03. The second kappa shape index (κ2) is 10.8. The molecule has 0 aliphatic rings. The van der Waals surface area contributed by atoms with Gasteiger partial charge in [-0.15, -0.1) is 0 Å². The van der Waals surface area contributed by atoms with Gasteiger partial charge in [0.25, 0.3) is 0 Å². The first kappa shape index (κ1) is 24.6. The van der Waals surface area contributed by atoms with Crippen LogP contribution in [0.25, 0.3) is 22.3 Å². The van der Waals surface area contributed by atoms with Crippen molar-refractivity contribution in [2.75, 3.05) is 19.5 Å². The van der Waals surface area contributed by atoms with Gasteiger partial charge < -0.3 is 19.8 Å². The third kappa shape index (κ3) is 5.25. The van der Waals surface area contributed by atoms with E-state index in [-0.39, 0.29) is 35.0 Å². The summed E-state index contributed by atoms with van der Waals surface area (Å²) in [4.78, 5) is 44.5. The number of aromatic amines is 1. The van der Waals surface area contributed by atoms with E-state index in [2.05, 4.69) is 15.3 Å². The normalized spacial score (nSPS) is 10.8. The number of aryl methyl sites for hydroxylation is 1. The molecule has 0 atom stereocenters. The molecule has 2 N–H and O–H groups in total. The van der Waals surface area contributed by atoms with Gasteiger partial charge in [-0.2, -0.15) is 0 Å². The fourth-order valence-corrected chi connectivity index (χ4v) is 4.03. The molecule has 0 fully saturated rings. The number of fused-ring (bicyclic) bond motifs is 1. The van der Waals surface area contributed by atoms with E-state index in [1.807, 2.05) is 18.2 Å². The van der Waals surface area contributed by atoms with Crippen LogP contribution < -0.4 is 5.32 Å². The zero-order valence-corrected chi connectivity index (χ0v) is 19.8. The first-order chi connectivity index (χ1) is 17.4. The molecule has 0 aliphatic carbocycles. The lowest BCUT2D eigenvalue weighted by Crippen LogP contribution is -2.16. The number of aromatic nitrogens is 2. The predicted molar refractivity (Wildman–Crippen MR) is 132 cm³/mol. The Labute approximate surface area is 206 Å². The Balaban J connectivity index is 1.53. The largest absolute Gasteiger partial charge is 0.465 e. The Morgan fingerprint density at radius 1 is 1.00 bits per heavy atom. The lowest BCUT2D eigenvalue weighted by molar-refractivity contribution is -0.116. The number of carbonyl (C=O) groups is 3. The molecule has 4 aromatic rings. The number of nitrogens with one attached hydrogen (secondary N) is 2. The molecule has 184 valence electrons. The second-order valence-corrected chi connectivity index (χ2v) is 8.03. The van der Waals surface area contributed by atoms with Crippen LogP contribution in [-0.2, 0) is 20.7 Å². The SMILES string of the molecule is COC(=O)c1ccc(C(=O)OC)c(NC(=O)CCCc2c(-c3ccccn3)[nH]c3ccc(F)cc23)c1. The Morgan fingerprint density at radius 3 is 2.53 bits per heavy atom. The van der Waals surface area contributed by atoms with Gasteiger partial charge in [0.05, 0.1) is 42.4 Å². The van der Waals surface area contributed by atoms with Gasteiger partial charge in [0, 0.05) is 23.5 Å². The third-order valence-electron chi connectivity index (χ3n) is 5.74. The van der Waals surface area contributed by atoms with Gasteiger partial charge in [-0.05, 0) is 66.9 Å². The molecule has 4 rings (SSSR count). The molecule has 0 bridgehead atoms. The maximum absolute atomic E-state index is 14.0. The predicted octanol–water partition coefficient (Wildman–Crippen LogP) is 4.90. The standard InChI is InChI=1S/C27H24FN3O5/c1-35-26(33)16-9-11-19(27(34)36-2)23(14-16)30-24(32)8-5-6-18-20-15-17(28)10-12-21(20)31-25(18)22-7-3-4-13-29-22/h3-4,7,9-15,31H,5-6,8H2,1-2H3,(H,30,32). The van der Waals surface area contributed by atoms with Gasteiger partial charge in [0.1, 0.15) is 5.82 Å². The second-order valence-electron chi connectivity index (χ2n) is 8.03. The van der Waals surface area contributed by atoms with Crippen molar-refractivity contribution in [1.82, 2.24) is 9.97 Å². The van der Waals surface area contributed by atoms with E-state index >= 15 is 0 Å². The highest BCUT2D eigenvalue weighted by Gasteiger charge is 2.19. The van der Waals surface area contributed by atoms with Crippen molar-refractivity contribution in [2.24, 2.45) is 0 Å². The highest BCUT2D eigenvalue weighted by molar-refractivity contribution is 6.03. The highest BCUT2D eigenvalue weighted by Crippen LogP contribution is 2.31. The van der Waals surface area contributed by atoms with Crippen LogP contribution >= 0.6 is 0 Å². The number of H-pyrrole nitrogens is 1. The molecule has 0 unspecified atom stereocenters. The van der Waals surface area contributed by atoms with E-state index in [9.17, 15) is 18.8 Å². The van der Waals surface area contributed by atoms with Gasteiger partial charge in [0.15, 0.2) is 0 Å². The molecule has 2 aromatic carbocycles. The molecule has 9 heteroatoms. The molecule has 0 saturated heterocycles. The van der Waals surface area contributed by atoms with Crippen LogP contribution in [0.2, 0.25) is 0 Å². The topological polar surface area (TPSA) is 110 Å². The van der Waals surface area contributed by atoms with Crippen LogP contribution in [0, 0.1) is 5.82 Å². The first-order valence-corrected chi connectivity index (χ1v) is 11.2. The summed E-state index contributed by atoms with van der Waals surface area (Å²) in [5, 5.41) is 3.42. The van der Waals surface area contributed by atoms with Crippen LogP contribution in [0.3, 0.4) is 0 Å². The average Bonchev–Trinajstić information content (AvgIpc) is 3.25. The number of nitrogens with zero attached hydrogens (tertiary/aromatic N) is 1. The van der Waals surface area contributed by atoms with Crippen LogP contribution in [0.4, 0.5) is 10.1 Å². The number of benzene rings is 2. The molecule has 0 radical (unpaired) electrons. The average molecular weight is 490 g/mol. The number of amides is 1. The Kier molecular flexibility index (Phi) is 7.39. The Bertz CT molecular complexity index is 1430. The minimum Gasteiger partial charge on any atom is -0.465 e. The van der Waals surface area contributed by atoms with E-state index in [1.165, 1.54) is 44.6 Å². The molecular formula is C27H24FN3O5. The number of ether oxygens (including phenoxy) is 2. The number of pyridine rings is 1. The smallest absolute Gasteiger partial charge is 0.339 e. The van der Waals surface area contributed by atoms with Gasteiger partial charge in [-0.1, -0.05) is 6.07 Å². The van der Waals surface area contributed by atoms with E-state index in [1.54, 1.807) is 12.3 Å². The van der Waals surface area contributed by atoms with Gasteiger partial charge >= 0.3 is 11.9 Å². The van der Waals surface area contributed by atoms with E-state index < -0.39 is 11.9 Å². The number of anilines is 1. The quantitative estimate of drug-likeness (QED) is 0.341. The summed E-state index contributed by atoms with van der Waals surface area (Å²) in [6, 6.07) is 14.3. The summed E-state index contributed by atoms with van der Waals surface area (Å²) < 4.78 is 23.5. The highest BCUT2D eigenvalue weighted by atomic mass is 19.1. The van der Waals surface area contributed by atoms with E-state index in [0.29, 0.717) is 12.8 Å². The summed E-state index contributed by atoms with van der Waals surface area (Å²) in [6.45, 7) is 0. The summed E-state index contributed by atoms with van der Waals surface area (Å²) in [5.74, 6) is -1.96. The zero-order chi connectivity index (χ0) is 25.7. The van der Waals surface area contributed by atoms with Gasteiger partial charge in [-0.25, -0.2) is 14.0 Å². The number of hydrogen-bond acceptors (Lipinski definition) is 6. The fraction of sp³-hybridized carbons (Fsp3) is 0.185. The minimum absolute atomic E-state index is 0.114. The number of rotatable bonds is 8. The lowest BCUT2D eigenvalue weighted by Gasteiger charge is -2.11.